The van der Waals surface area contributed by atoms with Crippen molar-refractivity contribution in [1.29, 1.82) is 0 Å². The maximum absolute atomic E-state index is 13.0. The van der Waals surface area contributed by atoms with Gasteiger partial charge in [-0.1, -0.05) is 18.7 Å². The van der Waals surface area contributed by atoms with Crippen LogP contribution in [0.5, 0.6) is 0 Å². The number of halogens is 1. The summed E-state index contributed by atoms with van der Waals surface area (Å²) in [5.41, 5.74) is 0.887. The lowest BCUT2D eigenvalue weighted by atomic mass is 10.2. The topological polar surface area (TPSA) is 88.2 Å². The number of amides is 1. The van der Waals surface area contributed by atoms with Crippen LogP contribution < -0.4 is 10.0 Å². The first-order valence-corrected chi connectivity index (χ1v) is 11.5. The Morgan fingerprint density at radius 2 is 1.73 bits per heavy atom. The molecule has 9 heteroatoms. The number of nitrogens with one attached hydrogen (secondary N) is 2. The Morgan fingerprint density at radius 3 is 2.33 bits per heavy atom. The summed E-state index contributed by atoms with van der Waals surface area (Å²) < 4.78 is 40.2. The molecule has 0 aliphatic rings. The third kappa shape index (κ3) is 5.80. The van der Waals surface area contributed by atoms with E-state index in [0.29, 0.717) is 22.8 Å². The molecule has 0 saturated heterocycles. The molecular weight excluding hydrogens is 425 g/mol. The van der Waals surface area contributed by atoms with E-state index in [1.807, 2.05) is 6.92 Å². The van der Waals surface area contributed by atoms with Gasteiger partial charge in [-0.2, -0.15) is 0 Å². The molecule has 2 aromatic carbocycles. The van der Waals surface area contributed by atoms with Crippen molar-refractivity contribution in [1.82, 2.24) is 10.3 Å². The SMILES string of the molecule is CCCNC(=O)c1ccc(Sc2ccc(NS(=O)(=O)c3ccc(F)cc3)cc2)nc1. The molecule has 2 N–H and O–H groups in total. The summed E-state index contributed by atoms with van der Waals surface area (Å²) in [4.78, 5) is 17.0. The van der Waals surface area contributed by atoms with Crippen LogP contribution >= 0.6 is 11.8 Å². The van der Waals surface area contributed by atoms with Gasteiger partial charge in [0.25, 0.3) is 15.9 Å². The molecular formula is C21H20FN3O3S2. The van der Waals surface area contributed by atoms with Crippen LogP contribution in [0.25, 0.3) is 0 Å². The number of carbonyl (C=O) groups is 1. The molecule has 3 rings (SSSR count). The quantitative estimate of drug-likeness (QED) is 0.539. The van der Waals surface area contributed by atoms with E-state index in [4.69, 9.17) is 0 Å². The Kier molecular flexibility index (Phi) is 7.07. The Morgan fingerprint density at radius 1 is 1.03 bits per heavy atom. The molecule has 0 radical (unpaired) electrons. The van der Waals surface area contributed by atoms with Crippen molar-refractivity contribution in [3.8, 4) is 0 Å². The molecule has 3 aromatic rings. The van der Waals surface area contributed by atoms with Crippen molar-refractivity contribution < 1.29 is 17.6 Å². The third-order valence-corrected chi connectivity index (χ3v) is 6.34. The number of hydrogen-bond donors (Lipinski definition) is 2. The minimum absolute atomic E-state index is 0.0189. The Hall–Kier alpha value is -2.91. The number of rotatable bonds is 8. The third-order valence-electron chi connectivity index (χ3n) is 3.99. The van der Waals surface area contributed by atoms with Crippen LogP contribution in [0.2, 0.25) is 0 Å². The fourth-order valence-electron chi connectivity index (χ4n) is 2.46. The first kappa shape index (κ1) is 21.8. The minimum atomic E-state index is -3.80. The van der Waals surface area contributed by atoms with Gasteiger partial charge in [0, 0.05) is 23.3 Å². The molecule has 1 aromatic heterocycles. The molecule has 0 bridgehead atoms. The normalized spacial score (nSPS) is 11.1. The minimum Gasteiger partial charge on any atom is -0.352 e. The number of carbonyl (C=O) groups excluding carboxylic acids is 1. The summed E-state index contributed by atoms with van der Waals surface area (Å²) in [5, 5.41) is 3.51. The second-order valence-corrected chi connectivity index (χ2v) is 9.10. The predicted molar refractivity (Wildman–Crippen MR) is 115 cm³/mol. The molecule has 0 unspecified atom stereocenters. The maximum atomic E-state index is 13.0. The summed E-state index contributed by atoms with van der Waals surface area (Å²) in [6.07, 6.45) is 2.39. The molecule has 1 amide bonds. The largest absolute Gasteiger partial charge is 0.352 e. The smallest absolute Gasteiger partial charge is 0.261 e. The zero-order valence-corrected chi connectivity index (χ0v) is 17.8. The lowest BCUT2D eigenvalue weighted by Crippen LogP contribution is -2.23. The summed E-state index contributed by atoms with van der Waals surface area (Å²) in [7, 11) is -3.80. The molecule has 6 nitrogen and oxygen atoms in total. The zero-order valence-electron chi connectivity index (χ0n) is 16.1. The van der Waals surface area contributed by atoms with E-state index in [1.54, 1.807) is 36.4 Å². The average molecular weight is 446 g/mol. The van der Waals surface area contributed by atoms with Crippen LogP contribution in [0.4, 0.5) is 10.1 Å². The van der Waals surface area contributed by atoms with E-state index < -0.39 is 15.8 Å². The van der Waals surface area contributed by atoms with Gasteiger partial charge in [-0.05, 0) is 67.1 Å². The number of sulfonamides is 1. The number of anilines is 1. The molecule has 0 aliphatic carbocycles. The Bertz CT molecular complexity index is 1100. The van der Waals surface area contributed by atoms with Crippen molar-refractivity contribution in [3.05, 3.63) is 78.2 Å². The molecule has 0 aliphatic heterocycles. The van der Waals surface area contributed by atoms with Gasteiger partial charge in [0.15, 0.2) is 0 Å². The van der Waals surface area contributed by atoms with Crippen molar-refractivity contribution in [2.75, 3.05) is 11.3 Å². The second kappa shape index (κ2) is 9.73. The highest BCUT2D eigenvalue weighted by atomic mass is 32.2. The van der Waals surface area contributed by atoms with Crippen molar-refractivity contribution >= 4 is 33.4 Å². The number of nitrogens with zero attached hydrogens (tertiary/aromatic N) is 1. The van der Waals surface area contributed by atoms with Gasteiger partial charge in [-0.25, -0.2) is 17.8 Å². The highest BCUT2D eigenvalue weighted by molar-refractivity contribution is 7.99. The fourth-order valence-corrected chi connectivity index (χ4v) is 4.27. The molecule has 156 valence electrons. The Balaban J connectivity index is 1.63. The number of aromatic nitrogens is 1. The summed E-state index contributed by atoms with van der Waals surface area (Å²) in [5.74, 6) is -0.655. The van der Waals surface area contributed by atoms with E-state index in [2.05, 4.69) is 15.0 Å². The van der Waals surface area contributed by atoms with Gasteiger partial charge in [0.05, 0.1) is 10.5 Å². The molecule has 0 saturated carbocycles. The van der Waals surface area contributed by atoms with E-state index in [1.165, 1.54) is 30.1 Å². The van der Waals surface area contributed by atoms with Crippen LogP contribution in [0.15, 0.2) is 81.7 Å². The number of hydrogen-bond acceptors (Lipinski definition) is 5. The van der Waals surface area contributed by atoms with Gasteiger partial charge in [0.1, 0.15) is 10.8 Å². The van der Waals surface area contributed by atoms with Gasteiger partial charge in [-0.15, -0.1) is 0 Å². The van der Waals surface area contributed by atoms with Gasteiger partial charge in [0.2, 0.25) is 0 Å². The summed E-state index contributed by atoms with van der Waals surface area (Å²) in [6, 6.07) is 14.9. The van der Waals surface area contributed by atoms with Gasteiger partial charge >= 0.3 is 0 Å². The lowest BCUT2D eigenvalue weighted by Gasteiger charge is -2.09. The fraction of sp³-hybridized carbons (Fsp3) is 0.143. The molecule has 0 fully saturated rings. The number of pyridine rings is 1. The highest BCUT2D eigenvalue weighted by Crippen LogP contribution is 2.27. The predicted octanol–water partition coefficient (Wildman–Crippen LogP) is 4.31. The Labute approximate surface area is 179 Å². The van der Waals surface area contributed by atoms with Crippen molar-refractivity contribution in [2.45, 2.75) is 28.2 Å². The van der Waals surface area contributed by atoms with E-state index in [9.17, 15) is 17.6 Å². The van der Waals surface area contributed by atoms with Crippen LogP contribution in [-0.2, 0) is 10.0 Å². The average Bonchev–Trinajstić information content (AvgIpc) is 2.74. The highest BCUT2D eigenvalue weighted by Gasteiger charge is 2.14. The van der Waals surface area contributed by atoms with E-state index >= 15 is 0 Å². The van der Waals surface area contributed by atoms with Crippen LogP contribution in [0.1, 0.15) is 23.7 Å². The molecule has 0 spiro atoms. The molecule has 0 atom stereocenters. The van der Waals surface area contributed by atoms with Crippen LogP contribution in [0, 0.1) is 5.82 Å². The monoisotopic (exact) mass is 445 g/mol. The van der Waals surface area contributed by atoms with Gasteiger partial charge in [-0.3, -0.25) is 9.52 Å². The van der Waals surface area contributed by atoms with Crippen LogP contribution in [-0.4, -0.2) is 25.9 Å². The van der Waals surface area contributed by atoms with E-state index in [-0.39, 0.29) is 10.8 Å². The van der Waals surface area contributed by atoms with Crippen LogP contribution in [0.3, 0.4) is 0 Å². The number of benzene rings is 2. The first-order chi connectivity index (χ1) is 14.4. The first-order valence-electron chi connectivity index (χ1n) is 9.18. The standard InChI is InChI=1S/C21H20FN3O3S2/c1-2-13-23-21(26)15-3-12-20(24-14-15)29-18-8-6-17(7-9-18)25-30(27,28)19-10-4-16(22)5-11-19/h3-12,14,25H,2,13H2,1H3,(H,23,26). The van der Waals surface area contributed by atoms with Gasteiger partial charge < -0.3 is 5.32 Å². The summed E-state index contributed by atoms with van der Waals surface area (Å²) in [6.45, 7) is 2.60. The van der Waals surface area contributed by atoms with E-state index in [0.717, 1.165) is 23.4 Å². The zero-order chi connectivity index (χ0) is 21.6. The molecule has 30 heavy (non-hydrogen) atoms. The lowest BCUT2D eigenvalue weighted by molar-refractivity contribution is 0.0953. The maximum Gasteiger partial charge on any atom is 0.261 e. The van der Waals surface area contributed by atoms with Crippen molar-refractivity contribution in [2.24, 2.45) is 0 Å². The summed E-state index contributed by atoms with van der Waals surface area (Å²) >= 11 is 1.39. The van der Waals surface area contributed by atoms with Crippen molar-refractivity contribution in [3.63, 3.8) is 0 Å². The molecule has 1 heterocycles. The second-order valence-electron chi connectivity index (χ2n) is 6.33.